The van der Waals surface area contributed by atoms with Crippen molar-refractivity contribution in [2.24, 2.45) is 7.05 Å². The van der Waals surface area contributed by atoms with Crippen LogP contribution in [0.25, 0.3) is 0 Å². The normalized spacial score (nSPS) is 17.2. The monoisotopic (exact) mass is 348 g/mol. The molecular weight excluding hydrogens is 324 g/mol. The van der Waals surface area contributed by atoms with Gasteiger partial charge in [-0.05, 0) is 17.7 Å². The van der Waals surface area contributed by atoms with Crippen molar-refractivity contribution in [1.29, 1.82) is 0 Å². The molecule has 2 aromatic heterocycles. The van der Waals surface area contributed by atoms with Crippen LogP contribution in [0.3, 0.4) is 0 Å². The molecule has 0 amide bonds. The van der Waals surface area contributed by atoms with Gasteiger partial charge in [0.25, 0.3) is 0 Å². The molecule has 5 heteroatoms. The van der Waals surface area contributed by atoms with Crippen LogP contribution in [-0.4, -0.2) is 32.6 Å². The average Bonchev–Trinajstić information content (AvgIpc) is 3.06. The predicted molar refractivity (Wildman–Crippen MR) is 100 cm³/mol. The Balaban J connectivity index is 1.50. The molecule has 0 N–H and O–H groups in total. The van der Waals surface area contributed by atoms with E-state index in [1.165, 1.54) is 17.0 Å². The third kappa shape index (κ3) is 3.69. The number of rotatable bonds is 6. The Morgan fingerprint density at radius 1 is 1.08 bits per heavy atom. The molecule has 5 nitrogen and oxygen atoms in total. The number of imidazole rings is 1. The highest BCUT2D eigenvalue weighted by molar-refractivity contribution is 5.22. The maximum Gasteiger partial charge on any atom is 0.0949 e. The van der Waals surface area contributed by atoms with Gasteiger partial charge in [-0.15, -0.1) is 0 Å². The van der Waals surface area contributed by atoms with Gasteiger partial charge in [-0.1, -0.05) is 36.4 Å². The van der Waals surface area contributed by atoms with Gasteiger partial charge >= 0.3 is 0 Å². The van der Waals surface area contributed by atoms with Crippen LogP contribution in [0.5, 0.6) is 0 Å². The van der Waals surface area contributed by atoms with Crippen molar-refractivity contribution in [3.8, 4) is 0 Å². The van der Waals surface area contributed by atoms with E-state index in [0.717, 1.165) is 25.2 Å². The number of benzene rings is 1. The van der Waals surface area contributed by atoms with Crippen LogP contribution in [0.2, 0.25) is 0 Å². The summed E-state index contributed by atoms with van der Waals surface area (Å²) in [5.41, 5.74) is 4.74. The van der Waals surface area contributed by atoms with Crippen LogP contribution in [0.15, 0.2) is 61.1 Å². The van der Waals surface area contributed by atoms with E-state index in [-0.39, 0.29) is 6.04 Å². The second kappa shape index (κ2) is 7.81. The maximum absolute atomic E-state index is 6.11. The van der Waals surface area contributed by atoms with E-state index in [4.69, 9.17) is 4.74 Å². The van der Waals surface area contributed by atoms with E-state index in [2.05, 4.69) is 44.7 Å². The molecule has 0 saturated carbocycles. The highest BCUT2D eigenvalue weighted by Crippen LogP contribution is 2.30. The van der Waals surface area contributed by atoms with Crippen LogP contribution >= 0.6 is 0 Å². The van der Waals surface area contributed by atoms with Gasteiger partial charge in [0.1, 0.15) is 0 Å². The van der Waals surface area contributed by atoms with Crippen LogP contribution in [0.4, 0.5) is 0 Å². The Hall–Kier alpha value is -2.50. The van der Waals surface area contributed by atoms with Gasteiger partial charge in [0.2, 0.25) is 0 Å². The SMILES string of the molecule is Cn1cnc2c1[C@H](COCc1ccccc1)N(Cc1ccccn1)CC2. The smallest absolute Gasteiger partial charge is 0.0949 e. The molecule has 4 rings (SSSR count). The molecule has 3 aromatic rings. The van der Waals surface area contributed by atoms with Crippen molar-refractivity contribution in [1.82, 2.24) is 19.4 Å². The van der Waals surface area contributed by atoms with Crippen LogP contribution in [0, 0.1) is 0 Å². The molecule has 0 saturated heterocycles. The number of aryl methyl sites for hydroxylation is 1. The molecule has 0 aliphatic carbocycles. The first kappa shape index (κ1) is 16.9. The lowest BCUT2D eigenvalue weighted by atomic mass is 10.0. The van der Waals surface area contributed by atoms with Crippen molar-refractivity contribution in [2.75, 3.05) is 13.2 Å². The van der Waals surface area contributed by atoms with E-state index >= 15 is 0 Å². The molecule has 0 radical (unpaired) electrons. The van der Waals surface area contributed by atoms with E-state index in [1.807, 2.05) is 42.9 Å². The maximum atomic E-state index is 6.11. The lowest BCUT2D eigenvalue weighted by Crippen LogP contribution is -2.38. The number of pyridine rings is 1. The molecule has 0 unspecified atom stereocenters. The molecule has 3 heterocycles. The van der Waals surface area contributed by atoms with Gasteiger partial charge in [0.05, 0.1) is 42.7 Å². The lowest BCUT2D eigenvalue weighted by molar-refractivity contribution is 0.0373. The number of ether oxygens (including phenoxy) is 1. The summed E-state index contributed by atoms with van der Waals surface area (Å²) < 4.78 is 8.24. The highest BCUT2D eigenvalue weighted by atomic mass is 16.5. The molecule has 1 atom stereocenters. The van der Waals surface area contributed by atoms with Crippen LogP contribution in [-0.2, 0) is 31.4 Å². The largest absolute Gasteiger partial charge is 0.375 e. The van der Waals surface area contributed by atoms with Crippen molar-refractivity contribution in [3.63, 3.8) is 0 Å². The number of nitrogens with zero attached hydrogens (tertiary/aromatic N) is 4. The van der Waals surface area contributed by atoms with Gasteiger partial charge in [-0.25, -0.2) is 4.98 Å². The van der Waals surface area contributed by atoms with Crippen molar-refractivity contribution in [3.05, 3.63) is 83.7 Å². The summed E-state index contributed by atoms with van der Waals surface area (Å²) in [5, 5.41) is 0. The zero-order chi connectivity index (χ0) is 17.8. The summed E-state index contributed by atoms with van der Waals surface area (Å²) in [5.74, 6) is 0. The van der Waals surface area contributed by atoms with Crippen LogP contribution in [0.1, 0.15) is 28.7 Å². The third-order valence-electron chi connectivity index (χ3n) is 4.93. The fraction of sp³-hybridized carbons (Fsp3) is 0.333. The van der Waals surface area contributed by atoms with Gasteiger partial charge in [-0.2, -0.15) is 0 Å². The lowest BCUT2D eigenvalue weighted by Gasteiger charge is -2.35. The quantitative estimate of drug-likeness (QED) is 0.686. The molecule has 0 fully saturated rings. The topological polar surface area (TPSA) is 43.2 Å². The first-order chi connectivity index (χ1) is 12.8. The zero-order valence-corrected chi connectivity index (χ0v) is 15.1. The Kier molecular flexibility index (Phi) is 5.09. The van der Waals surface area contributed by atoms with Gasteiger partial charge in [0.15, 0.2) is 0 Å². The standard InChI is InChI=1S/C21H24N4O/c1-24-16-23-19-10-12-25(13-18-9-5-6-11-22-18)20(21(19)24)15-26-14-17-7-3-2-4-8-17/h2-9,11,16,20H,10,12-15H2,1H3/t20-/m0/s1. The number of hydrogen-bond acceptors (Lipinski definition) is 4. The number of fused-ring (bicyclic) bond motifs is 1. The summed E-state index contributed by atoms with van der Waals surface area (Å²) >= 11 is 0. The van der Waals surface area contributed by atoms with Gasteiger partial charge in [0, 0.05) is 32.8 Å². The number of aromatic nitrogens is 3. The van der Waals surface area contributed by atoms with E-state index < -0.39 is 0 Å². The second-order valence-corrected chi connectivity index (χ2v) is 6.75. The Labute approximate surface area is 154 Å². The molecule has 1 aromatic carbocycles. The second-order valence-electron chi connectivity index (χ2n) is 6.75. The first-order valence-corrected chi connectivity index (χ1v) is 9.07. The summed E-state index contributed by atoms with van der Waals surface area (Å²) in [6.07, 6.45) is 4.74. The summed E-state index contributed by atoms with van der Waals surface area (Å²) in [7, 11) is 2.07. The van der Waals surface area contributed by atoms with E-state index in [1.54, 1.807) is 0 Å². The molecule has 26 heavy (non-hydrogen) atoms. The summed E-state index contributed by atoms with van der Waals surface area (Å²) in [6.45, 7) is 3.07. The molecule has 134 valence electrons. The Morgan fingerprint density at radius 3 is 2.73 bits per heavy atom. The highest BCUT2D eigenvalue weighted by Gasteiger charge is 2.31. The summed E-state index contributed by atoms with van der Waals surface area (Å²) in [4.78, 5) is 11.5. The van der Waals surface area contributed by atoms with Gasteiger partial charge < -0.3 is 9.30 Å². The number of hydrogen-bond donors (Lipinski definition) is 0. The van der Waals surface area contributed by atoms with Gasteiger partial charge in [-0.3, -0.25) is 9.88 Å². The molecule has 1 aliphatic rings. The third-order valence-corrected chi connectivity index (χ3v) is 4.93. The minimum absolute atomic E-state index is 0.192. The summed E-state index contributed by atoms with van der Waals surface area (Å²) in [6, 6.07) is 16.6. The van der Waals surface area contributed by atoms with Crippen molar-refractivity contribution >= 4 is 0 Å². The first-order valence-electron chi connectivity index (χ1n) is 9.07. The van der Waals surface area contributed by atoms with E-state index in [9.17, 15) is 0 Å². The Bertz CT molecular complexity index is 832. The minimum Gasteiger partial charge on any atom is -0.375 e. The van der Waals surface area contributed by atoms with Crippen LogP contribution < -0.4 is 0 Å². The molecule has 0 bridgehead atoms. The fourth-order valence-electron chi connectivity index (χ4n) is 3.62. The molecule has 1 aliphatic heterocycles. The predicted octanol–water partition coefficient (Wildman–Crippen LogP) is 3.13. The van der Waals surface area contributed by atoms with Crippen molar-refractivity contribution in [2.45, 2.75) is 25.6 Å². The molecule has 0 spiro atoms. The average molecular weight is 348 g/mol. The minimum atomic E-state index is 0.192. The van der Waals surface area contributed by atoms with Crippen molar-refractivity contribution < 1.29 is 4.74 Å². The fourth-order valence-corrected chi connectivity index (χ4v) is 3.62. The Morgan fingerprint density at radius 2 is 1.92 bits per heavy atom. The zero-order valence-electron chi connectivity index (χ0n) is 15.1. The van der Waals surface area contributed by atoms with E-state index in [0.29, 0.717) is 13.2 Å². The molecular formula is C21H24N4O.